The fourth-order valence-corrected chi connectivity index (χ4v) is 2.69. The standard InChI is InChI=1S/C12H18F3N3O3S/c1-2-16-11-10(12(13,14)15)7-9(8-17-11)22(20,21)18-5-3-4-6-19/h7-8,18-19H,2-6H2,1H3,(H,16,17). The number of aromatic nitrogens is 1. The molecule has 22 heavy (non-hydrogen) atoms. The second kappa shape index (κ2) is 7.75. The number of halogens is 3. The highest BCUT2D eigenvalue weighted by Gasteiger charge is 2.35. The number of nitrogens with one attached hydrogen (secondary N) is 2. The van der Waals surface area contributed by atoms with E-state index in [-0.39, 0.29) is 19.7 Å². The molecule has 0 radical (unpaired) electrons. The van der Waals surface area contributed by atoms with Crippen LogP contribution in [0.1, 0.15) is 25.3 Å². The van der Waals surface area contributed by atoms with E-state index in [2.05, 4.69) is 15.0 Å². The average Bonchev–Trinajstić information content (AvgIpc) is 2.43. The molecular weight excluding hydrogens is 323 g/mol. The Bertz CT molecular complexity index is 591. The highest BCUT2D eigenvalue weighted by Crippen LogP contribution is 2.34. The molecule has 0 fully saturated rings. The number of sulfonamides is 1. The van der Waals surface area contributed by atoms with Gasteiger partial charge in [0.15, 0.2) is 0 Å². The minimum Gasteiger partial charge on any atom is -0.396 e. The Morgan fingerprint density at radius 3 is 2.55 bits per heavy atom. The lowest BCUT2D eigenvalue weighted by Gasteiger charge is -2.14. The minimum absolute atomic E-state index is 0.0270. The first-order valence-corrected chi connectivity index (χ1v) is 8.12. The molecule has 0 saturated carbocycles. The quantitative estimate of drug-likeness (QED) is 0.625. The predicted octanol–water partition coefficient (Wildman–Crippen LogP) is 1.58. The highest BCUT2D eigenvalue weighted by atomic mass is 32.2. The van der Waals surface area contributed by atoms with Crippen molar-refractivity contribution in [2.75, 3.05) is 25.0 Å². The number of anilines is 1. The fraction of sp³-hybridized carbons (Fsp3) is 0.583. The van der Waals surface area contributed by atoms with Crippen LogP contribution in [0.15, 0.2) is 17.2 Å². The number of unbranched alkanes of at least 4 members (excludes halogenated alkanes) is 1. The second-order valence-corrected chi connectivity index (χ2v) is 6.19. The molecule has 1 rings (SSSR count). The van der Waals surface area contributed by atoms with Gasteiger partial charge >= 0.3 is 6.18 Å². The number of aliphatic hydroxyl groups excluding tert-OH is 1. The molecule has 10 heteroatoms. The van der Waals surface area contributed by atoms with Gasteiger partial charge in [0.25, 0.3) is 0 Å². The first kappa shape index (κ1) is 18.7. The first-order valence-electron chi connectivity index (χ1n) is 6.64. The van der Waals surface area contributed by atoms with Crippen LogP contribution in [0.4, 0.5) is 19.0 Å². The fourth-order valence-electron chi connectivity index (χ4n) is 1.64. The summed E-state index contributed by atoms with van der Waals surface area (Å²) in [5.41, 5.74) is -1.13. The van der Waals surface area contributed by atoms with Gasteiger partial charge < -0.3 is 10.4 Å². The molecule has 0 aliphatic heterocycles. The second-order valence-electron chi connectivity index (χ2n) is 4.42. The van der Waals surface area contributed by atoms with Gasteiger partial charge in [0.05, 0.1) is 5.56 Å². The van der Waals surface area contributed by atoms with Crippen molar-refractivity contribution in [3.8, 4) is 0 Å². The molecule has 0 aliphatic carbocycles. The molecular formula is C12H18F3N3O3S. The van der Waals surface area contributed by atoms with Gasteiger partial charge in [-0.2, -0.15) is 13.2 Å². The smallest absolute Gasteiger partial charge is 0.396 e. The summed E-state index contributed by atoms with van der Waals surface area (Å²) in [7, 11) is -4.08. The van der Waals surface area contributed by atoms with E-state index in [1.54, 1.807) is 6.92 Å². The molecule has 0 spiro atoms. The van der Waals surface area contributed by atoms with E-state index in [0.29, 0.717) is 18.9 Å². The molecule has 0 saturated heterocycles. The largest absolute Gasteiger partial charge is 0.419 e. The Balaban J connectivity index is 3.05. The van der Waals surface area contributed by atoms with E-state index in [4.69, 9.17) is 5.11 Å². The lowest BCUT2D eigenvalue weighted by atomic mass is 10.2. The third-order valence-corrected chi connectivity index (χ3v) is 4.13. The lowest BCUT2D eigenvalue weighted by Crippen LogP contribution is -2.26. The van der Waals surface area contributed by atoms with Crippen LogP contribution >= 0.6 is 0 Å². The first-order chi connectivity index (χ1) is 10.2. The van der Waals surface area contributed by atoms with E-state index >= 15 is 0 Å². The van der Waals surface area contributed by atoms with Crippen molar-refractivity contribution in [2.45, 2.75) is 30.8 Å². The molecule has 1 aromatic heterocycles. The van der Waals surface area contributed by atoms with E-state index in [1.165, 1.54) is 0 Å². The maximum Gasteiger partial charge on any atom is 0.419 e. The van der Waals surface area contributed by atoms with Gasteiger partial charge in [-0.15, -0.1) is 0 Å². The molecule has 1 aromatic rings. The van der Waals surface area contributed by atoms with Crippen molar-refractivity contribution in [2.24, 2.45) is 0 Å². The third-order valence-electron chi connectivity index (χ3n) is 2.70. The van der Waals surface area contributed by atoms with Gasteiger partial charge in [-0.05, 0) is 25.8 Å². The predicted molar refractivity (Wildman–Crippen MR) is 74.9 cm³/mol. The van der Waals surface area contributed by atoms with Crippen molar-refractivity contribution in [1.82, 2.24) is 9.71 Å². The molecule has 3 N–H and O–H groups in total. The van der Waals surface area contributed by atoms with Gasteiger partial charge in [0.1, 0.15) is 10.7 Å². The van der Waals surface area contributed by atoms with Crippen LogP contribution in [-0.2, 0) is 16.2 Å². The van der Waals surface area contributed by atoms with Crippen LogP contribution < -0.4 is 10.0 Å². The summed E-state index contributed by atoms with van der Waals surface area (Å²) in [5, 5.41) is 11.0. The normalized spacial score (nSPS) is 12.4. The Morgan fingerprint density at radius 2 is 2.00 bits per heavy atom. The number of pyridine rings is 1. The van der Waals surface area contributed by atoms with Gasteiger partial charge in [-0.25, -0.2) is 18.1 Å². The van der Waals surface area contributed by atoms with E-state index in [1.807, 2.05) is 0 Å². The van der Waals surface area contributed by atoms with Crippen LogP contribution in [-0.4, -0.2) is 38.2 Å². The number of alkyl halides is 3. The minimum atomic E-state index is -4.72. The number of hydrogen-bond donors (Lipinski definition) is 3. The van der Waals surface area contributed by atoms with E-state index < -0.39 is 32.5 Å². The Labute approximate surface area is 126 Å². The molecule has 1 heterocycles. The van der Waals surface area contributed by atoms with Gasteiger partial charge in [0, 0.05) is 25.9 Å². The van der Waals surface area contributed by atoms with Crippen molar-refractivity contribution in [3.05, 3.63) is 17.8 Å². The average molecular weight is 341 g/mol. The molecule has 0 aliphatic rings. The summed E-state index contributed by atoms with van der Waals surface area (Å²) >= 11 is 0. The number of hydrogen-bond acceptors (Lipinski definition) is 5. The number of nitrogens with zero attached hydrogens (tertiary/aromatic N) is 1. The summed E-state index contributed by atoms with van der Waals surface area (Å²) in [6.45, 7) is 1.77. The number of aliphatic hydroxyl groups is 1. The monoisotopic (exact) mass is 341 g/mol. The number of rotatable bonds is 8. The molecule has 0 atom stereocenters. The summed E-state index contributed by atoms with van der Waals surface area (Å²) in [4.78, 5) is 3.00. The van der Waals surface area contributed by atoms with Gasteiger partial charge in [-0.3, -0.25) is 0 Å². The SMILES string of the molecule is CCNc1ncc(S(=O)(=O)NCCCCO)cc1C(F)(F)F. The topological polar surface area (TPSA) is 91.3 Å². The van der Waals surface area contributed by atoms with Crippen molar-refractivity contribution in [3.63, 3.8) is 0 Å². The van der Waals surface area contributed by atoms with Crippen molar-refractivity contribution in [1.29, 1.82) is 0 Å². The zero-order valence-electron chi connectivity index (χ0n) is 11.9. The summed E-state index contributed by atoms with van der Waals surface area (Å²) in [5.74, 6) is -0.408. The van der Waals surface area contributed by atoms with Crippen LogP contribution in [0.2, 0.25) is 0 Å². The molecule has 0 unspecified atom stereocenters. The van der Waals surface area contributed by atoms with Gasteiger partial charge in [-0.1, -0.05) is 0 Å². The molecule has 6 nitrogen and oxygen atoms in total. The maximum absolute atomic E-state index is 13.0. The summed E-state index contributed by atoms with van der Waals surface area (Å²) in [6, 6.07) is 0.555. The maximum atomic E-state index is 13.0. The van der Waals surface area contributed by atoms with Crippen LogP contribution in [0.25, 0.3) is 0 Å². The van der Waals surface area contributed by atoms with Crippen LogP contribution in [0.3, 0.4) is 0 Å². The molecule has 0 amide bonds. The van der Waals surface area contributed by atoms with E-state index in [0.717, 1.165) is 6.20 Å². The van der Waals surface area contributed by atoms with Gasteiger partial charge in [0.2, 0.25) is 10.0 Å². The summed E-state index contributed by atoms with van der Waals surface area (Å²) in [6.07, 6.45) is -3.06. The molecule has 0 aromatic carbocycles. The molecule has 126 valence electrons. The van der Waals surface area contributed by atoms with Crippen LogP contribution in [0.5, 0.6) is 0 Å². The molecule has 0 bridgehead atoms. The highest BCUT2D eigenvalue weighted by molar-refractivity contribution is 7.89. The Hall–Kier alpha value is -1.39. The van der Waals surface area contributed by atoms with Crippen LogP contribution in [0, 0.1) is 0 Å². The lowest BCUT2D eigenvalue weighted by molar-refractivity contribution is -0.137. The zero-order valence-corrected chi connectivity index (χ0v) is 12.8. The Kier molecular flexibility index (Phi) is 6.57. The van der Waals surface area contributed by atoms with Crippen molar-refractivity contribution >= 4 is 15.8 Å². The van der Waals surface area contributed by atoms with E-state index in [9.17, 15) is 21.6 Å². The Morgan fingerprint density at radius 1 is 1.32 bits per heavy atom. The summed E-state index contributed by atoms with van der Waals surface area (Å²) < 4.78 is 65.0. The third kappa shape index (κ3) is 5.11. The zero-order chi connectivity index (χ0) is 16.8. The van der Waals surface area contributed by atoms with Crippen molar-refractivity contribution < 1.29 is 26.7 Å².